The molecule has 0 aliphatic heterocycles. The van der Waals surface area contributed by atoms with E-state index in [0.717, 1.165) is 18.1 Å². The Morgan fingerprint density at radius 3 is 2.57 bits per heavy atom. The number of furan rings is 1. The van der Waals surface area contributed by atoms with Crippen LogP contribution in [-0.4, -0.2) is 42.9 Å². The minimum absolute atomic E-state index is 0.0431. The summed E-state index contributed by atoms with van der Waals surface area (Å²) in [6.07, 6.45) is 0. The van der Waals surface area contributed by atoms with Crippen LogP contribution in [0, 0.1) is 6.92 Å². The zero-order valence-corrected chi connectivity index (χ0v) is 13.4. The first-order valence-electron chi connectivity index (χ1n) is 6.79. The highest BCUT2D eigenvalue weighted by atomic mass is 32.1. The molecule has 0 saturated carbocycles. The molecule has 0 spiro atoms. The monoisotopic (exact) mass is 307 g/mol. The highest BCUT2D eigenvalue weighted by Crippen LogP contribution is 2.22. The van der Waals surface area contributed by atoms with Crippen LogP contribution in [-0.2, 0) is 6.54 Å². The maximum absolute atomic E-state index is 12.6. The number of nitrogen functional groups attached to an aromatic ring is 1. The Morgan fingerprint density at radius 1 is 1.29 bits per heavy atom. The molecule has 6 heteroatoms. The summed E-state index contributed by atoms with van der Waals surface area (Å²) in [5.41, 5.74) is 6.40. The molecule has 2 aromatic rings. The minimum Gasteiger partial charge on any atom is -0.464 e. The van der Waals surface area contributed by atoms with Crippen LogP contribution >= 0.6 is 11.3 Å². The van der Waals surface area contributed by atoms with Crippen LogP contribution < -0.4 is 5.73 Å². The molecule has 0 atom stereocenters. The first-order valence-corrected chi connectivity index (χ1v) is 7.67. The van der Waals surface area contributed by atoms with Gasteiger partial charge < -0.3 is 20.0 Å². The number of likely N-dealkylation sites (N-methyl/N-ethyl adjacent to an activating group) is 1. The normalized spacial score (nSPS) is 11.0. The van der Waals surface area contributed by atoms with Crippen molar-refractivity contribution in [2.45, 2.75) is 13.5 Å². The predicted molar refractivity (Wildman–Crippen MR) is 85.5 cm³/mol. The lowest BCUT2D eigenvalue weighted by molar-refractivity contribution is 0.0725. The minimum atomic E-state index is -0.0431. The zero-order chi connectivity index (χ0) is 15.4. The lowest BCUT2D eigenvalue weighted by Crippen LogP contribution is -2.36. The summed E-state index contributed by atoms with van der Waals surface area (Å²) < 4.78 is 5.58. The molecule has 2 aromatic heterocycles. The van der Waals surface area contributed by atoms with Crippen molar-refractivity contribution in [1.29, 1.82) is 0 Å². The van der Waals surface area contributed by atoms with E-state index in [1.54, 1.807) is 11.0 Å². The third-order valence-corrected chi connectivity index (χ3v) is 4.06. The van der Waals surface area contributed by atoms with Gasteiger partial charge in [-0.15, -0.1) is 11.3 Å². The number of carbonyl (C=O) groups excluding carboxylic acids is 1. The first-order chi connectivity index (χ1) is 9.97. The number of hydrogen-bond donors (Lipinski definition) is 1. The number of aryl methyl sites for hydroxylation is 1. The molecular formula is C15H21N3O2S. The van der Waals surface area contributed by atoms with Crippen molar-refractivity contribution in [3.05, 3.63) is 40.0 Å². The molecule has 114 valence electrons. The molecule has 5 nitrogen and oxygen atoms in total. The van der Waals surface area contributed by atoms with Gasteiger partial charge in [0.25, 0.3) is 5.91 Å². The fourth-order valence-corrected chi connectivity index (χ4v) is 2.75. The summed E-state index contributed by atoms with van der Waals surface area (Å²) >= 11 is 1.38. The molecule has 0 aliphatic rings. The Bertz CT molecular complexity index is 604. The van der Waals surface area contributed by atoms with Gasteiger partial charge in [0.05, 0.1) is 12.2 Å². The van der Waals surface area contributed by atoms with Crippen LogP contribution in [0.4, 0.5) is 5.69 Å². The second-order valence-electron chi connectivity index (χ2n) is 5.25. The zero-order valence-electron chi connectivity index (χ0n) is 12.6. The van der Waals surface area contributed by atoms with Gasteiger partial charge in [0.1, 0.15) is 16.4 Å². The SMILES string of the molecule is Cc1ccc(CN(CCN(C)C)C(=O)c2sccc2N)o1. The number of carbonyl (C=O) groups is 1. The van der Waals surface area contributed by atoms with Crippen LogP contribution in [0.5, 0.6) is 0 Å². The van der Waals surface area contributed by atoms with E-state index < -0.39 is 0 Å². The van der Waals surface area contributed by atoms with Gasteiger partial charge in [-0.05, 0) is 44.6 Å². The number of thiophene rings is 1. The standard InChI is InChI=1S/C15H21N3O2S/c1-11-4-5-12(20-11)10-18(8-7-17(2)3)15(19)14-13(16)6-9-21-14/h4-6,9H,7-8,10,16H2,1-3H3. The van der Waals surface area contributed by atoms with E-state index in [0.29, 0.717) is 23.7 Å². The van der Waals surface area contributed by atoms with E-state index in [9.17, 15) is 4.79 Å². The fraction of sp³-hybridized carbons (Fsp3) is 0.400. The molecule has 2 rings (SSSR count). The summed E-state index contributed by atoms with van der Waals surface area (Å²) in [6.45, 7) is 3.77. The van der Waals surface area contributed by atoms with E-state index in [4.69, 9.17) is 10.2 Å². The molecule has 21 heavy (non-hydrogen) atoms. The molecule has 0 saturated heterocycles. The lowest BCUT2D eigenvalue weighted by atomic mass is 10.3. The number of rotatable bonds is 6. The van der Waals surface area contributed by atoms with E-state index in [2.05, 4.69) is 0 Å². The second kappa shape index (κ2) is 6.78. The number of amides is 1. The lowest BCUT2D eigenvalue weighted by Gasteiger charge is -2.23. The van der Waals surface area contributed by atoms with E-state index in [-0.39, 0.29) is 5.91 Å². The van der Waals surface area contributed by atoms with E-state index in [1.807, 2.05) is 43.4 Å². The van der Waals surface area contributed by atoms with Crippen molar-refractivity contribution in [3.63, 3.8) is 0 Å². The van der Waals surface area contributed by atoms with Gasteiger partial charge in [-0.1, -0.05) is 0 Å². The molecule has 0 aliphatic carbocycles. The topological polar surface area (TPSA) is 62.7 Å². The highest BCUT2D eigenvalue weighted by molar-refractivity contribution is 7.12. The van der Waals surface area contributed by atoms with E-state index in [1.165, 1.54) is 11.3 Å². The summed E-state index contributed by atoms with van der Waals surface area (Å²) in [5, 5.41) is 1.84. The molecule has 0 unspecified atom stereocenters. The van der Waals surface area contributed by atoms with Crippen LogP contribution in [0.25, 0.3) is 0 Å². The number of nitrogens with two attached hydrogens (primary N) is 1. The molecule has 0 aromatic carbocycles. The third-order valence-electron chi connectivity index (χ3n) is 3.14. The molecule has 0 radical (unpaired) electrons. The molecule has 0 bridgehead atoms. The van der Waals surface area contributed by atoms with Gasteiger partial charge in [-0.2, -0.15) is 0 Å². The Hall–Kier alpha value is -1.79. The molecule has 2 heterocycles. The van der Waals surface area contributed by atoms with Crippen LogP contribution in [0.3, 0.4) is 0 Å². The second-order valence-corrected chi connectivity index (χ2v) is 6.16. The average Bonchev–Trinajstić information content (AvgIpc) is 3.02. The van der Waals surface area contributed by atoms with Gasteiger partial charge in [0.15, 0.2) is 0 Å². The van der Waals surface area contributed by atoms with Gasteiger partial charge in [0, 0.05) is 13.1 Å². The fourth-order valence-electron chi connectivity index (χ4n) is 1.97. The Morgan fingerprint density at radius 2 is 2.05 bits per heavy atom. The summed E-state index contributed by atoms with van der Waals surface area (Å²) in [4.78, 5) is 17.1. The number of nitrogens with zero attached hydrogens (tertiary/aromatic N) is 2. The van der Waals surface area contributed by atoms with Crippen molar-refractivity contribution in [3.8, 4) is 0 Å². The quantitative estimate of drug-likeness (QED) is 0.890. The smallest absolute Gasteiger partial charge is 0.266 e. The third kappa shape index (κ3) is 4.09. The molecule has 2 N–H and O–H groups in total. The Kier molecular flexibility index (Phi) is 5.03. The van der Waals surface area contributed by atoms with Crippen LogP contribution in [0.15, 0.2) is 28.0 Å². The molecular weight excluding hydrogens is 286 g/mol. The number of anilines is 1. The van der Waals surface area contributed by atoms with Gasteiger partial charge in [0.2, 0.25) is 0 Å². The van der Waals surface area contributed by atoms with Crippen molar-refractivity contribution >= 4 is 22.9 Å². The first kappa shape index (κ1) is 15.6. The largest absolute Gasteiger partial charge is 0.464 e. The highest BCUT2D eigenvalue weighted by Gasteiger charge is 2.20. The molecule has 0 fully saturated rings. The van der Waals surface area contributed by atoms with Gasteiger partial charge in [-0.25, -0.2) is 0 Å². The van der Waals surface area contributed by atoms with Crippen LogP contribution in [0.2, 0.25) is 0 Å². The summed E-state index contributed by atoms with van der Waals surface area (Å²) in [6, 6.07) is 5.57. The summed E-state index contributed by atoms with van der Waals surface area (Å²) in [5.74, 6) is 1.59. The predicted octanol–water partition coefficient (Wildman–Crippen LogP) is 2.44. The van der Waals surface area contributed by atoms with Crippen molar-refractivity contribution in [2.75, 3.05) is 32.9 Å². The van der Waals surface area contributed by atoms with Crippen molar-refractivity contribution in [2.24, 2.45) is 0 Å². The van der Waals surface area contributed by atoms with Gasteiger partial charge >= 0.3 is 0 Å². The van der Waals surface area contributed by atoms with Gasteiger partial charge in [-0.3, -0.25) is 4.79 Å². The summed E-state index contributed by atoms with van der Waals surface area (Å²) in [7, 11) is 3.97. The Labute approximate surface area is 128 Å². The van der Waals surface area contributed by atoms with Crippen LogP contribution in [0.1, 0.15) is 21.2 Å². The van der Waals surface area contributed by atoms with Crippen molar-refractivity contribution in [1.82, 2.24) is 9.80 Å². The molecule has 1 amide bonds. The van der Waals surface area contributed by atoms with Crippen molar-refractivity contribution < 1.29 is 9.21 Å². The maximum atomic E-state index is 12.6. The number of hydrogen-bond acceptors (Lipinski definition) is 5. The van der Waals surface area contributed by atoms with E-state index >= 15 is 0 Å². The Balaban J connectivity index is 2.15. The maximum Gasteiger partial charge on any atom is 0.266 e. The average molecular weight is 307 g/mol.